The van der Waals surface area contributed by atoms with Crippen molar-refractivity contribution in [1.29, 1.82) is 0 Å². The molecular weight excluding hydrogens is 276 g/mol. The number of aromatic nitrogens is 1. The predicted octanol–water partition coefficient (Wildman–Crippen LogP) is 3.41. The van der Waals surface area contributed by atoms with Gasteiger partial charge in [0, 0.05) is 22.9 Å². The number of hydrogen-bond donors (Lipinski definition) is 1. The first kappa shape index (κ1) is 13.0. The molecular formula is C14H21BrN2. The lowest BCUT2D eigenvalue weighted by Gasteiger charge is -2.21. The number of pyridine rings is 1. The van der Waals surface area contributed by atoms with Crippen molar-refractivity contribution in [2.45, 2.75) is 39.2 Å². The van der Waals surface area contributed by atoms with Crippen LogP contribution in [0, 0.1) is 11.8 Å². The molecule has 94 valence electrons. The second-order valence-electron chi connectivity index (χ2n) is 5.40. The van der Waals surface area contributed by atoms with E-state index in [-0.39, 0.29) is 0 Å². The van der Waals surface area contributed by atoms with Gasteiger partial charge in [-0.15, -0.1) is 0 Å². The molecule has 0 radical (unpaired) electrons. The van der Waals surface area contributed by atoms with Gasteiger partial charge in [0.15, 0.2) is 0 Å². The molecule has 1 saturated carbocycles. The lowest BCUT2D eigenvalue weighted by Crippen LogP contribution is -2.29. The molecule has 0 aromatic carbocycles. The Morgan fingerprint density at radius 1 is 1.41 bits per heavy atom. The Labute approximate surface area is 112 Å². The van der Waals surface area contributed by atoms with Crippen LogP contribution >= 0.6 is 15.9 Å². The van der Waals surface area contributed by atoms with Gasteiger partial charge in [-0.3, -0.25) is 4.98 Å². The molecule has 0 saturated heterocycles. The van der Waals surface area contributed by atoms with Crippen LogP contribution in [0.25, 0.3) is 0 Å². The molecule has 2 nitrogen and oxygen atoms in total. The van der Waals surface area contributed by atoms with E-state index >= 15 is 0 Å². The highest BCUT2D eigenvalue weighted by atomic mass is 79.9. The minimum Gasteiger partial charge on any atom is -0.314 e. The van der Waals surface area contributed by atoms with E-state index in [9.17, 15) is 0 Å². The van der Waals surface area contributed by atoms with Gasteiger partial charge in [0.25, 0.3) is 0 Å². The molecule has 0 aliphatic heterocycles. The van der Waals surface area contributed by atoms with Crippen molar-refractivity contribution in [2.24, 2.45) is 11.8 Å². The fourth-order valence-corrected chi connectivity index (χ4v) is 2.43. The van der Waals surface area contributed by atoms with E-state index in [1.165, 1.54) is 18.4 Å². The molecule has 0 spiro atoms. The minimum absolute atomic E-state index is 0.701. The summed E-state index contributed by atoms with van der Waals surface area (Å²) >= 11 is 3.48. The van der Waals surface area contributed by atoms with Crippen LogP contribution in [0.3, 0.4) is 0 Å². The van der Waals surface area contributed by atoms with Crippen molar-refractivity contribution in [3.8, 4) is 0 Å². The summed E-state index contributed by atoms with van der Waals surface area (Å²) in [5.41, 5.74) is 1.33. The fourth-order valence-electron chi connectivity index (χ4n) is 2.02. The van der Waals surface area contributed by atoms with E-state index in [2.05, 4.69) is 46.1 Å². The second kappa shape index (κ2) is 5.96. The maximum Gasteiger partial charge on any atom is 0.0410 e. The van der Waals surface area contributed by atoms with Crippen molar-refractivity contribution < 1.29 is 0 Å². The maximum atomic E-state index is 4.24. The first-order chi connectivity index (χ1) is 8.15. The van der Waals surface area contributed by atoms with E-state index in [0.29, 0.717) is 11.8 Å². The summed E-state index contributed by atoms with van der Waals surface area (Å²) in [6.07, 6.45) is 7.67. The summed E-state index contributed by atoms with van der Waals surface area (Å²) in [5, 5.41) is 3.64. The highest BCUT2D eigenvalue weighted by molar-refractivity contribution is 9.10. The Kier molecular flexibility index (Phi) is 4.57. The predicted molar refractivity (Wildman–Crippen MR) is 75.0 cm³/mol. The summed E-state index contributed by atoms with van der Waals surface area (Å²) in [5.74, 6) is 1.41. The van der Waals surface area contributed by atoms with Crippen LogP contribution in [0.5, 0.6) is 0 Å². The Morgan fingerprint density at radius 2 is 2.18 bits per heavy atom. The van der Waals surface area contributed by atoms with Crippen molar-refractivity contribution in [3.63, 3.8) is 0 Å². The Bertz CT molecular complexity index is 361. The van der Waals surface area contributed by atoms with Gasteiger partial charge < -0.3 is 5.32 Å². The minimum atomic E-state index is 0.701. The van der Waals surface area contributed by atoms with Gasteiger partial charge in [0.2, 0.25) is 0 Å². The third kappa shape index (κ3) is 4.40. The molecule has 1 aromatic rings. The molecule has 1 N–H and O–H groups in total. The van der Waals surface area contributed by atoms with Crippen molar-refractivity contribution >= 4 is 15.9 Å². The molecule has 1 aliphatic carbocycles. The molecule has 1 unspecified atom stereocenters. The first-order valence-corrected chi connectivity index (χ1v) is 7.27. The molecule has 2 rings (SSSR count). The van der Waals surface area contributed by atoms with Gasteiger partial charge in [-0.25, -0.2) is 0 Å². The largest absolute Gasteiger partial charge is 0.314 e. The molecule has 1 aliphatic rings. The summed E-state index contributed by atoms with van der Waals surface area (Å²) in [7, 11) is 0. The zero-order chi connectivity index (χ0) is 12.3. The average molecular weight is 297 g/mol. The van der Waals surface area contributed by atoms with E-state index < -0.39 is 0 Å². The summed E-state index contributed by atoms with van der Waals surface area (Å²) < 4.78 is 1.08. The van der Waals surface area contributed by atoms with Crippen LogP contribution in [0.2, 0.25) is 0 Å². The topological polar surface area (TPSA) is 24.9 Å². The third-order valence-corrected chi connectivity index (χ3v) is 3.88. The van der Waals surface area contributed by atoms with Gasteiger partial charge in [0.1, 0.15) is 0 Å². The van der Waals surface area contributed by atoms with E-state index in [1.54, 1.807) is 0 Å². The average Bonchev–Trinajstić information content (AvgIpc) is 3.07. The molecule has 1 aromatic heterocycles. The second-order valence-corrected chi connectivity index (χ2v) is 6.32. The molecule has 3 heteroatoms. The zero-order valence-electron chi connectivity index (χ0n) is 10.6. The quantitative estimate of drug-likeness (QED) is 0.870. The zero-order valence-corrected chi connectivity index (χ0v) is 12.2. The van der Waals surface area contributed by atoms with Crippen LogP contribution in [0.1, 0.15) is 32.3 Å². The number of hydrogen-bond acceptors (Lipinski definition) is 2. The molecule has 0 bridgehead atoms. The van der Waals surface area contributed by atoms with Gasteiger partial charge in [0.05, 0.1) is 0 Å². The van der Waals surface area contributed by atoms with Crippen molar-refractivity contribution in [2.75, 3.05) is 6.54 Å². The maximum absolute atomic E-state index is 4.24. The van der Waals surface area contributed by atoms with Crippen LogP contribution < -0.4 is 5.32 Å². The van der Waals surface area contributed by atoms with Crippen LogP contribution in [-0.2, 0) is 6.42 Å². The lowest BCUT2D eigenvalue weighted by atomic mass is 9.89. The van der Waals surface area contributed by atoms with E-state index in [1.807, 2.05) is 12.4 Å². The standard InChI is InChI=1S/C14H21BrN2/c1-10(2)12(8-17-14-3-4-14)5-11-6-13(15)9-16-7-11/h6-7,9-10,12,14,17H,3-5,8H2,1-2H3. The molecule has 1 fully saturated rings. The Morgan fingerprint density at radius 3 is 2.76 bits per heavy atom. The van der Waals surface area contributed by atoms with Gasteiger partial charge >= 0.3 is 0 Å². The highest BCUT2D eigenvalue weighted by Gasteiger charge is 2.23. The van der Waals surface area contributed by atoms with Gasteiger partial charge in [-0.1, -0.05) is 13.8 Å². The highest BCUT2D eigenvalue weighted by Crippen LogP contribution is 2.22. The SMILES string of the molecule is CC(C)C(CNC1CC1)Cc1cncc(Br)c1. The van der Waals surface area contributed by atoms with Crippen LogP contribution in [0.4, 0.5) is 0 Å². The number of nitrogens with zero attached hydrogens (tertiary/aromatic N) is 1. The monoisotopic (exact) mass is 296 g/mol. The first-order valence-electron chi connectivity index (χ1n) is 6.48. The van der Waals surface area contributed by atoms with Crippen LogP contribution in [0.15, 0.2) is 22.9 Å². The van der Waals surface area contributed by atoms with Crippen LogP contribution in [-0.4, -0.2) is 17.6 Å². The Hall–Kier alpha value is -0.410. The number of halogens is 1. The fraction of sp³-hybridized carbons (Fsp3) is 0.643. The van der Waals surface area contributed by atoms with E-state index in [4.69, 9.17) is 0 Å². The summed E-state index contributed by atoms with van der Waals surface area (Å²) in [6.45, 7) is 5.75. The normalized spacial score (nSPS) is 17.4. The van der Waals surface area contributed by atoms with Gasteiger partial charge in [-0.05, 0) is 65.2 Å². The third-order valence-electron chi connectivity index (χ3n) is 3.45. The number of nitrogens with one attached hydrogen (secondary N) is 1. The molecule has 17 heavy (non-hydrogen) atoms. The Balaban J connectivity index is 1.91. The van der Waals surface area contributed by atoms with Gasteiger partial charge in [-0.2, -0.15) is 0 Å². The summed E-state index contributed by atoms with van der Waals surface area (Å²) in [4.78, 5) is 4.24. The molecule has 0 amide bonds. The lowest BCUT2D eigenvalue weighted by molar-refractivity contribution is 0.359. The summed E-state index contributed by atoms with van der Waals surface area (Å²) in [6, 6.07) is 2.98. The smallest absolute Gasteiger partial charge is 0.0410 e. The van der Waals surface area contributed by atoms with Crippen molar-refractivity contribution in [3.05, 3.63) is 28.5 Å². The molecule has 1 atom stereocenters. The number of rotatable bonds is 6. The van der Waals surface area contributed by atoms with E-state index in [0.717, 1.165) is 23.5 Å². The van der Waals surface area contributed by atoms with Crippen molar-refractivity contribution in [1.82, 2.24) is 10.3 Å². The molecule has 1 heterocycles.